The normalized spacial score (nSPS) is 34.4. The minimum atomic E-state index is -1.68. The first-order chi connectivity index (χ1) is 20.7. The monoisotopic (exact) mass is 581 g/mol. The molecule has 0 radical (unpaired) electrons. The molecule has 2 aliphatic heterocycles. The Morgan fingerprint density at radius 1 is 1.05 bits per heavy atom. The molecule has 1 saturated heterocycles. The molecule has 43 heavy (non-hydrogen) atoms. The Kier molecular flexibility index (Phi) is 6.61. The van der Waals surface area contributed by atoms with Gasteiger partial charge in [0.25, 0.3) is 0 Å². The standard InChI is InChI=1S/C35H43N5O3/c1-6-40(7-2)29-22-27-28-21-23-17-18-34(42,37-36-25-13-15-26(16-14-25)38(3)4)32-30(23)33(27,19-20-39(28)5)35(43-32,31(29)41)24-11-9-8-10-12-24/h8-17,22,27-28,31,41-42H,6-7,18-21H2,1-5H3/t27-,28+,31-,33-,34?,35-/m0/s1. The van der Waals surface area contributed by atoms with Gasteiger partial charge in [-0.25, -0.2) is 0 Å². The summed E-state index contributed by atoms with van der Waals surface area (Å²) >= 11 is 0. The molecule has 1 spiro atoms. The highest BCUT2D eigenvalue weighted by atomic mass is 16.5. The second kappa shape index (κ2) is 10.0. The average Bonchev–Trinajstić information content (AvgIpc) is 3.35. The van der Waals surface area contributed by atoms with Gasteiger partial charge in [-0.05, 0) is 75.7 Å². The maximum Gasteiger partial charge on any atom is 0.238 e. The van der Waals surface area contributed by atoms with E-state index in [0.29, 0.717) is 11.4 Å². The molecule has 8 heteroatoms. The lowest BCUT2D eigenvalue weighted by Gasteiger charge is -2.63. The van der Waals surface area contributed by atoms with E-state index in [1.54, 1.807) is 0 Å². The number of aliphatic hydroxyl groups is 2. The van der Waals surface area contributed by atoms with Crippen molar-refractivity contribution in [3.8, 4) is 0 Å². The Morgan fingerprint density at radius 3 is 2.44 bits per heavy atom. The third kappa shape index (κ3) is 3.79. The van der Waals surface area contributed by atoms with Crippen LogP contribution in [0, 0.1) is 11.3 Å². The van der Waals surface area contributed by atoms with Crippen LogP contribution in [0.5, 0.6) is 0 Å². The summed E-state index contributed by atoms with van der Waals surface area (Å²) in [6.07, 6.45) is 5.50. The van der Waals surface area contributed by atoms with Crippen LogP contribution in [0.25, 0.3) is 0 Å². The van der Waals surface area contributed by atoms with E-state index in [-0.39, 0.29) is 18.4 Å². The second-order valence-electron chi connectivity index (χ2n) is 12.9. The predicted molar refractivity (Wildman–Crippen MR) is 168 cm³/mol. The highest BCUT2D eigenvalue weighted by molar-refractivity contribution is 5.60. The van der Waals surface area contributed by atoms with Crippen LogP contribution in [0.4, 0.5) is 11.4 Å². The molecule has 2 aromatic rings. The smallest absolute Gasteiger partial charge is 0.238 e. The number of azo groups is 1. The zero-order chi connectivity index (χ0) is 30.1. The predicted octanol–water partition coefficient (Wildman–Crippen LogP) is 5.35. The quantitative estimate of drug-likeness (QED) is 0.429. The van der Waals surface area contributed by atoms with E-state index in [0.717, 1.165) is 55.0 Å². The average molecular weight is 582 g/mol. The van der Waals surface area contributed by atoms with Crippen molar-refractivity contribution >= 4 is 11.4 Å². The SMILES string of the molecule is CCN(CC)C1=C[C@H]2[C@H]3CC4=CCC(O)(N=Nc5ccc(N(C)C)cc5)C5=C4[C@@]2(CCN3C)[C@@](c2ccccc2)(O5)[C@H]1O. The molecule has 3 aliphatic carbocycles. The lowest BCUT2D eigenvalue weighted by molar-refractivity contribution is -0.193. The van der Waals surface area contributed by atoms with Gasteiger partial charge in [-0.15, -0.1) is 5.11 Å². The maximum atomic E-state index is 12.6. The molecule has 2 aromatic carbocycles. The maximum absolute atomic E-state index is 12.6. The zero-order valence-electron chi connectivity index (χ0n) is 25.9. The third-order valence-electron chi connectivity index (χ3n) is 10.8. The fourth-order valence-corrected chi connectivity index (χ4v) is 8.68. The van der Waals surface area contributed by atoms with Crippen LogP contribution < -0.4 is 4.90 Å². The Hall–Kier alpha value is -3.46. The number of aliphatic hydroxyl groups excluding tert-OH is 1. The van der Waals surface area contributed by atoms with E-state index in [9.17, 15) is 10.2 Å². The topological polar surface area (TPSA) is 84.1 Å². The summed E-state index contributed by atoms with van der Waals surface area (Å²) in [6.45, 7) is 6.71. The Morgan fingerprint density at radius 2 is 1.77 bits per heavy atom. The van der Waals surface area contributed by atoms with Gasteiger partial charge >= 0.3 is 0 Å². The minimum Gasteiger partial charge on any atom is -0.477 e. The zero-order valence-corrected chi connectivity index (χ0v) is 25.9. The second-order valence-corrected chi connectivity index (χ2v) is 12.9. The summed E-state index contributed by atoms with van der Waals surface area (Å²) in [5.41, 5.74) is 2.47. The molecule has 0 amide bonds. The van der Waals surface area contributed by atoms with Crippen LogP contribution in [0.3, 0.4) is 0 Å². The first-order valence-electron chi connectivity index (χ1n) is 15.7. The van der Waals surface area contributed by atoms with E-state index < -0.39 is 22.8 Å². The van der Waals surface area contributed by atoms with E-state index in [2.05, 4.69) is 65.2 Å². The highest BCUT2D eigenvalue weighted by Gasteiger charge is 2.76. The molecule has 0 aromatic heterocycles. The number of nitrogens with zero attached hydrogens (tertiary/aromatic N) is 5. The van der Waals surface area contributed by atoms with Crippen LogP contribution in [0.2, 0.25) is 0 Å². The summed E-state index contributed by atoms with van der Waals surface area (Å²) in [6, 6.07) is 18.3. The number of rotatable bonds is 7. The molecule has 2 bridgehead atoms. The van der Waals surface area contributed by atoms with Crippen molar-refractivity contribution in [2.45, 2.75) is 56.6 Å². The lowest BCUT2D eigenvalue weighted by Crippen LogP contribution is -2.68. The molecule has 6 atom stereocenters. The summed E-state index contributed by atoms with van der Waals surface area (Å²) in [5, 5.41) is 34.2. The van der Waals surface area contributed by atoms with Crippen molar-refractivity contribution in [2.24, 2.45) is 21.6 Å². The number of likely N-dealkylation sites (tertiary alicyclic amines) is 1. The molecule has 8 nitrogen and oxygen atoms in total. The van der Waals surface area contributed by atoms with Crippen molar-refractivity contribution in [2.75, 3.05) is 45.7 Å². The van der Waals surface area contributed by atoms with E-state index in [4.69, 9.17) is 4.74 Å². The summed E-state index contributed by atoms with van der Waals surface area (Å²) in [4.78, 5) is 6.77. The minimum absolute atomic E-state index is 0.0907. The number of hydrogen-bond acceptors (Lipinski definition) is 8. The van der Waals surface area contributed by atoms with Gasteiger partial charge in [0.15, 0.2) is 11.4 Å². The van der Waals surface area contributed by atoms with Gasteiger partial charge in [-0.1, -0.05) is 42.5 Å². The largest absolute Gasteiger partial charge is 0.477 e. The lowest BCUT2D eigenvalue weighted by atomic mass is 9.45. The van der Waals surface area contributed by atoms with Crippen LogP contribution in [-0.4, -0.2) is 78.7 Å². The van der Waals surface area contributed by atoms with Gasteiger partial charge in [-0.2, -0.15) is 5.11 Å². The first kappa shape index (κ1) is 28.3. The molecule has 2 heterocycles. The molecule has 226 valence electrons. The number of benzene rings is 2. The molecule has 1 saturated carbocycles. The van der Waals surface area contributed by atoms with Gasteiger partial charge in [0.2, 0.25) is 5.72 Å². The summed E-state index contributed by atoms with van der Waals surface area (Å²) in [7, 11) is 6.22. The van der Waals surface area contributed by atoms with Crippen LogP contribution >= 0.6 is 0 Å². The summed E-state index contributed by atoms with van der Waals surface area (Å²) in [5.74, 6) is 0.553. The van der Waals surface area contributed by atoms with Gasteiger partial charge in [0.05, 0.1) is 11.1 Å². The number of hydrogen-bond donors (Lipinski definition) is 2. The molecule has 2 N–H and O–H groups in total. The Balaban J connectivity index is 1.43. The van der Waals surface area contributed by atoms with E-state index >= 15 is 0 Å². The fourth-order valence-electron chi connectivity index (χ4n) is 8.68. The van der Waals surface area contributed by atoms with Crippen molar-refractivity contribution in [3.63, 3.8) is 0 Å². The van der Waals surface area contributed by atoms with Crippen molar-refractivity contribution < 1.29 is 14.9 Å². The van der Waals surface area contributed by atoms with Crippen LogP contribution in [0.1, 0.15) is 38.7 Å². The Bertz CT molecular complexity index is 1530. The van der Waals surface area contributed by atoms with Crippen molar-refractivity contribution in [1.29, 1.82) is 0 Å². The number of piperidine rings is 1. The number of ether oxygens (including phenoxy) is 1. The van der Waals surface area contributed by atoms with Gasteiger partial charge in [-0.3, -0.25) is 0 Å². The number of likely N-dealkylation sites (N-methyl/N-ethyl adjacent to an activating group) is 1. The van der Waals surface area contributed by atoms with Crippen molar-refractivity contribution in [1.82, 2.24) is 9.80 Å². The van der Waals surface area contributed by atoms with Crippen LogP contribution in [-0.2, 0) is 10.3 Å². The van der Waals surface area contributed by atoms with Crippen LogP contribution in [0.15, 0.2) is 99.6 Å². The fraction of sp³-hybridized carbons (Fsp3) is 0.486. The summed E-state index contributed by atoms with van der Waals surface area (Å²) < 4.78 is 7.26. The van der Waals surface area contributed by atoms with Gasteiger partial charge in [0.1, 0.15) is 6.10 Å². The number of anilines is 1. The molecule has 7 rings (SSSR count). The molecular weight excluding hydrogens is 538 g/mol. The van der Waals surface area contributed by atoms with Crippen molar-refractivity contribution in [3.05, 3.63) is 94.9 Å². The highest BCUT2D eigenvalue weighted by Crippen LogP contribution is 2.73. The first-order valence-corrected chi connectivity index (χ1v) is 15.7. The molecular formula is C35H43N5O3. The van der Waals surface area contributed by atoms with E-state index in [1.165, 1.54) is 5.57 Å². The molecule has 2 fully saturated rings. The molecule has 1 unspecified atom stereocenters. The van der Waals surface area contributed by atoms with Gasteiger partial charge < -0.3 is 29.6 Å². The van der Waals surface area contributed by atoms with E-state index in [1.807, 2.05) is 61.5 Å². The van der Waals surface area contributed by atoms with Gasteiger partial charge in [0, 0.05) is 62.5 Å². The molecule has 5 aliphatic rings. The Labute approximate surface area is 254 Å². The third-order valence-corrected chi connectivity index (χ3v) is 10.8.